The van der Waals surface area contributed by atoms with Gasteiger partial charge in [0.15, 0.2) is 9.84 Å². The van der Waals surface area contributed by atoms with Crippen LogP contribution in [0.4, 0.5) is 0 Å². The topological polar surface area (TPSA) is 63.2 Å². The first-order valence-electron chi connectivity index (χ1n) is 6.77. The van der Waals surface area contributed by atoms with Crippen molar-refractivity contribution in [2.75, 3.05) is 12.8 Å². The van der Waals surface area contributed by atoms with Crippen molar-refractivity contribution in [2.24, 2.45) is 0 Å². The lowest BCUT2D eigenvalue weighted by Crippen LogP contribution is -2.23. The highest BCUT2D eigenvalue weighted by molar-refractivity contribution is 7.90. The van der Waals surface area contributed by atoms with Gasteiger partial charge in [-0.05, 0) is 23.8 Å². The van der Waals surface area contributed by atoms with E-state index < -0.39 is 9.84 Å². The van der Waals surface area contributed by atoms with Crippen LogP contribution in [0.15, 0.2) is 65.6 Å². The smallest absolute Gasteiger partial charge is 0.251 e. The predicted molar refractivity (Wildman–Crippen MR) is 87.4 cm³/mol. The van der Waals surface area contributed by atoms with Crippen molar-refractivity contribution in [3.63, 3.8) is 0 Å². The molecule has 0 fully saturated rings. The van der Waals surface area contributed by atoms with Crippen LogP contribution in [-0.4, -0.2) is 27.1 Å². The molecule has 0 saturated carbocycles. The lowest BCUT2D eigenvalue weighted by atomic mass is 10.2. The molecule has 4 nitrogen and oxygen atoms in total. The van der Waals surface area contributed by atoms with Gasteiger partial charge >= 0.3 is 0 Å². The monoisotopic (exact) mass is 315 g/mol. The van der Waals surface area contributed by atoms with Gasteiger partial charge in [-0.1, -0.05) is 48.6 Å². The Labute approximate surface area is 130 Å². The van der Waals surface area contributed by atoms with E-state index in [1.165, 1.54) is 12.1 Å². The molecule has 0 bridgehead atoms. The fourth-order valence-corrected chi connectivity index (χ4v) is 2.55. The largest absolute Gasteiger partial charge is 0.349 e. The van der Waals surface area contributed by atoms with Crippen LogP contribution in [0.25, 0.3) is 6.08 Å². The maximum atomic E-state index is 12.0. The SMILES string of the molecule is CS(=O)(=O)c1cccc(C(=O)NC/C=C/c2ccccc2)c1. The molecule has 0 aliphatic rings. The van der Waals surface area contributed by atoms with Crippen LogP contribution in [0.3, 0.4) is 0 Å². The molecule has 5 heteroatoms. The second-order valence-electron chi connectivity index (χ2n) is 4.82. The van der Waals surface area contributed by atoms with Gasteiger partial charge in [0, 0.05) is 18.4 Å². The molecule has 1 amide bonds. The Morgan fingerprint density at radius 2 is 1.82 bits per heavy atom. The maximum absolute atomic E-state index is 12.0. The molecule has 0 saturated heterocycles. The maximum Gasteiger partial charge on any atom is 0.251 e. The average Bonchev–Trinajstić information content (AvgIpc) is 2.52. The highest BCUT2D eigenvalue weighted by Gasteiger charge is 2.10. The lowest BCUT2D eigenvalue weighted by molar-refractivity contribution is 0.0958. The quantitative estimate of drug-likeness (QED) is 0.922. The average molecular weight is 315 g/mol. The zero-order chi connectivity index (χ0) is 16.0. The molecular weight excluding hydrogens is 298 g/mol. The molecule has 0 heterocycles. The summed E-state index contributed by atoms with van der Waals surface area (Å²) in [4.78, 5) is 12.1. The first-order valence-corrected chi connectivity index (χ1v) is 8.66. The summed E-state index contributed by atoms with van der Waals surface area (Å²) in [7, 11) is -3.31. The van der Waals surface area contributed by atoms with Crippen molar-refractivity contribution in [3.8, 4) is 0 Å². The summed E-state index contributed by atoms with van der Waals surface area (Å²) < 4.78 is 23.0. The molecule has 1 N–H and O–H groups in total. The Morgan fingerprint density at radius 1 is 1.09 bits per heavy atom. The van der Waals surface area contributed by atoms with Crippen molar-refractivity contribution < 1.29 is 13.2 Å². The lowest BCUT2D eigenvalue weighted by Gasteiger charge is -2.04. The van der Waals surface area contributed by atoms with Gasteiger partial charge in [-0.3, -0.25) is 4.79 Å². The first kappa shape index (κ1) is 16.0. The number of hydrogen-bond acceptors (Lipinski definition) is 3. The van der Waals surface area contributed by atoms with Crippen LogP contribution in [0.1, 0.15) is 15.9 Å². The molecule has 0 atom stereocenters. The van der Waals surface area contributed by atoms with E-state index in [1.807, 2.05) is 42.5 Å². The third kappa shape index (κ3) is 4.56. The summed E-state index contributed by atoms with van der Waals surface area (Å²) in [6, 6.07) is 15.8. The summed E-state index contributed by atoms with van der Waals surface area (Å²) in [5, 5.41) is 2.73. The van der Waals surface area contributed by atoms with Gasteiger partial charge in [-0.2, -0.15) is 0 Å². The molecule has 0 aromatic heterocycles. The molecule has 2 aromatic carbocycles. The zero-order valence-electron chi connectivity index (χ0n) is 12.2. The summed E-state index contributed by atoms with van der Waals surface area (Å²) in [5.74, 6) is -0.303. The Bertz CT molecular complexity index is 781. The van der Waals surface area contributed by atoms with Crippen molar-refractivity contribution in [2.45, 2.75) is 4.90 Å². The van der Waals surface area contributed by atoms with E-state index in [4.69, 9.17) is 0 Å². The highest BCUT2D eigenvalue weighted by Crippen LogP contribution is 2.11. The van der Waals surface area contributed by atoms with Gasteiger partial charge in [-0.15, -0.1) is 0 Å². The predicted octanol–water partition coefficient (Wildman–Crippen LogP) is 2.53. The molecular formula is C17H17NO3S. The molecule has 2 rings (SSSR count). The molecule has 0 aliphatic heterocycles. The molecule has 0 aliphatic carbocycles. The van der Waals surface area contributed by atoms with E-state index in [0.29, 0.717) is 12.1 Å². The van der Waals surface area contributed by atoms with Gasteiger partial charge in [0.05, 0.1) is 4.90 Å². The van der Waals surface area contributed by atoms with E-state index in [9.17, 15) is 13.2 Å². The van der Waals surface area contributed by atoms with Crippen molar-refractivity contribution >= 4 is 21.8 Å². The summed E-state index contributed by atoms with van der Waals surface area (Å²) in [6.07, 6.45) is 4.87. The number of carbonyl (C=O) groups excluding carboxylic acids is 1. The second kappa shape index (κ2) is 7.04. The van der Waals surface area contributed by atoms with Crippen LogP contribution in [-0.2, 0) is 9.84 Å². The van der Waals surface area contributed by atoms with Crippen LogP contribution < -0.4 is 5.32 Å². The van der Waals surface area contributed by atoms with Gasteiger partial charge in [-0.25, -0.2) is 8.42 Å². The third-order valence-corrected chi connectivity index (χ3v) is 4.12. The molecule has 114 valence electrons. The van der Waals surface area contributed by atoms with Gasteiger partial charge in [0.2, 0.25) is 0 Å². The molecule has 0 unspecified atom stereocenters. The van der Waals surface area contributed by atoms with E-state index in [0.717, 1.165) is 11.8 Å². The van der Waals surface area contributed by atoms with Crippen LogP contribution >= 0.6 is 0 Å². The number of nitrogens with one attached hydrogen (secondary N) is 1. The molecule has 2 aromatic rings. The highest BCUT2D eigenvalue weighted by atomic mass is 32.2. The minimum absolute atomic E-state index is 0.139. The number of amides is 1. The first-order chi connectivity index (χ1) is 10.5. The van der Waals surface area contributed by atoms with Crippen molar-refractivity contribution in [3.05, 3.63) is 71.8 Å². The van der Waals surface area contributed by atoms with E-state index >= 15 is 0 Å². The number of rotatable bonds is 5. The Balaban J connectivity index is 1.97. The van der Waals surface area contributed by atoms with Crippen molar-refractivity contribution in [1.82, 2.24) is 5.32 Å². The van der Waals surface area contributed by atoms with Gasteiger partial charge in [0.1, 0.15) is 0 Å². The number of hydrogen-bond donors (Lipinski definition) is 1. The van der Waals surface area contributed by atoms with E-state index in [2.05, 4.69) is 5.32 Å². The van der Waals surface area contributed by atoms with Crippen LogP contribution in [0, 0.1) is 0 Å². The molecule has 22 heavy (non-hydrogen) atoms. The van der Waals surface area contributed by atoms with Gasteiger partial charge in [0.25, 0.3) is 5.91 Å². The van der Waals surface area contributed by atoms with E-state index in [1.54, 1.807) is 12.1 Å². The number of benzene rings is 2. The minimum Gasteiger partial charge on any atom is -0.349 e. The third-order valence-electron chi connectivity index (χ3n) is 3.01. The summed E-state index contributed by atoms with van der Waals surface area (Å²) in [5.41, 5.74) is 1.38. The van der Waals surface area contributed by atoms with Crippen LogP contribution in [0.2, 0.25) is 0 Å². The van der Waals surface area contributed by atoms with Crippen LogP contribution in [0.5, 0.6) is 0 Å². The minimum atomic E-state index is -3.31. The second-order valence-corrected chi connectivity index (χ2v) is 6.84. The standard InChI is InChI=1S/C17H17NO3S/c1-22(20,21)16-11-5-10-15(13-16)17(19)18-12-6-9-14-7-3-2-4-8-14/h2-11,13H,12H2,1H3,(H,18,19)/b9-6+. The Hall–Kier alpha value is -2.40. The zero-order valence-corrected chi connectivity index (χ0v) is 13.0. The number of sulfone groups is 1. The summed E-state index contributed by atoms with van der Waals surface area (Å²) in [6.45, 7) is 0.372. The molecule has 0 spiro atoms. The Kier molecular flexibility index (Phi) is 5.12. The Morgan fingerprint density at radius 3 is 2.50 bits per heavy atom. The molecule has 0 radical (unpaired) electrons. The fourth-order valence-electron chi connectivity index (χ4n) is 1.88. The number of carbonyl (C=O) groups is 1. The van der Waals surface area contributed by atoms with Gasteiger partial charge < -0.3 is 5.32 Å². The normalized spacial score (nSPS) is 11.5. The summed E-state index contributed by atoms with van der Waals surface area (Å²) >= 11 is 0. The fraction of sp³-hybridized carbons (Fsp3) is 0.118. The van der Waals surface area contributed by atoms with Crippen molar-refractivity contribution in [1.29, 1.82) is 0 Å². The van der Waals surface area contributed by atoms with E-state index in [-0.39, 0.29) is 10.8 Å².